The molecule has 2 heterocycles. The van der Waals surface area contributed by atoms with Gasteiger partial charge in [-0.2, -0.15) is 0 Å². The molecule has 0 saturated heterocycles. The summed E-state index contributed by atoms with van der Waals surface area (Å²) < 4.78 is 35.3. The number of nitrogens with two attached hydrogens (primary N) is 1. The number of fused-ring (bicyclic) bond motifs is 1. The van der Waals surface area contributed by atoms with E-state index in [0.717, 1.165) is 12.1 Å². The van der Waals surface area contributed by atoms with E-state index in [1.807, 2.05) is 0 Å². The Morgan fingerprint density at radius 1 is 0.947 bits per heavy atom. The van der Waals surface area contributed by atoms with Crippen LogP contribution in [-0.4, -0.2) is 15.5 Å². The second-order valence-electron chi connectivity index (χ2n) is 8.07. The van der Waals surface area contributed by atoms with Crippen LogP contribution in [-0.2, 0) is 0 Å². The number of hydrogen-bond acceptors (Lipinski definition) is 5. The molecule has 0 saturated carbocycles. The lowest BCUT2D eigenvalue weighted by atomic mass is 10.1. The number of ether oxygens (including phenoxy) is 1. The average molecular weight is 553 g/mol. The fraction of sp³-hybridized carbons (Fsp3) is 0. The third-order valence-electron chi connectivity index (χ3n) is 5.61. The predicted octanol–water partition coefficient (Wildman–Crippen LogP) is 6.60. The molecule has 7 nitrogen and oxygen atoms in total. The maximum atomic E-state index is 14.8. The number of carbonyl (C=O) groups is 1. The molecule has 0 bridgehead atoms. The van der Waals surface area contributed by atoms with Crippen LogP contribution in [0.3, 0.4) is 0 Å². The van der Waals surface area contributed by atoms with Gasteiger partial charge in [0.05, 0.1) is 16.2 Å². The maximum absolute atomic E-state index is 14.8. The lowest BCUT2D eigenvalue weighted by molar-refractivity contribution is 0.102. The van der Waals surface area contributed by atoms with E-state index < -0.39 is 23.1 Å². The maximum Gasteiger partial charge on any atom is 0.268 e. The first-order valence-electron chi connectivity index (χ1n) is 11.0. The summed E-state index contributed by atoms with van der Waals surface area (Å²) in [5.74, 6) is -2.26. The molecule has 1 amide bonds. The number of benzene rings is 3. The molecular formula is C27H16Cl2F2N4O3. The van der Waals surface area contributed by atoms with Crippen molar-refractivity contribution in [3.63, 3.8) is 0 Å². The Kier molecular flexibility index (Phi) is 6.71. The second-order valence-corrected chi connectivity index (χ2v) is 8.85. The van der Waals surface area contributed by atoms with Gasteiger partial charge < -0.3 is 15.8 Å². The van der Waals surface area contributed by atoms with Crippen LogP contribution in [0.5, 0.6) is 11.5 Å². The minimum absolute atomic E-state index is 0.0254. The van der Waals surface area contributed by atoms with E-state index in [2.05, 4.69) is 10.3 Å². The zero-order valence-electron chi connectivity index (χ0n) is 19.2. The number of pyridine rings is 2. The first-order chi connectivity index (χ1) is 18.2. The highest BCUT2D eigenvalue weighted by Crippen LogP contribution is 2.34. The topological polar surface area (TPSA) is 99.2 Å². The minimum Gasteiger partial charge on any atom is -0.453 e. The van der Waals surface area contributed by atoms with Crippen LogP contribution in [0.4, 0.5) is 20.3 Å². The number of nitrogens with zero attached hydrogens (tertiary/aromatic N) is 2. The molecule has 0 radical (unpaired) electrons. The average Bonchev–Trinajstić information content (AvgIpc) is 2.89. The minimum atomic E-state index is -0.800. The Morgan fingerprint density at radius 2 is 1.74 bits per heavy atom. The van der Waals surface area contributed by atoms with Crippen molar-refractivity contribution in [1.82, 2.24) is 9.55 Å². The number of aromatic nitrogens is 2. The van der Waals surface area contributed by atoms with Gasteiger partial charge >= 0.3 is 0 Å². The van der Waals surface area contributed by atoms with Crippen LogP contribution in [0.15, 0.2) is 83.8 Å². The Morgan fingerprint density at radius 3 is 2.50 bits per heavy atom. The van der Waals surface area contributed by atoms with Gasteiger partial charge in [-0.1, -0.05) is 41.4 Å². The Hall–Kier alpha value is -4.47. The molecule has 0 unspecified atom stereocenters. The summed E-state index contributed by atoms with van der Waals surface area (Å²) in [7, 11) is 0. The fourth-order valence-corrected chi connectivity index (χ4v) is 4.13. The van der Waals surface area contributed by atoms with Gasteiger partial charge in [-0.3, -0.25) is 14.2 Å². The molecule has 0 aliphatic rings. The van der Waals surface area contributed by atoms with E-state index in [-0.39, 0.29) is 44.3 Å². The van der Waals surface area contributed by atoms with Crippen molar-refractivity contribution in [3.05, 3.63) is 117 Å². The summed E-state index contributed by atoms with van der Waals surface area (Å²) in [5, 5.41) is 2.94. The number of halogens is 4. The number of nitrogen functional groups attached to an aromatic ring is 1. The summed E-state index contributed by atoms with van der Waals surface area (Å²) >= 11 is 12.0. The standard InChI is InChI=1S/C27H16Cl2F2N4O3/c28-18-13-16(6-7-19(18)30)35-21-4-2-1-3-14(21)11-17(27(35)37)26(36)34-15-5-8-22(20(31)12-15)38-23-9-10-33-25(32)24(23)29/h1-13H,(H2,32,33)(H,34,36). The molecule has 5 rings (SSSR count). The number of nitrogens with one attached hydrogen (secondary N) is 1. The monoisotopic (exact) mass is 552 g/mol. The number of carbonyl (C=O) groups excluding carboxylic acids is 1. The van der Waals surface area contributed by atoms with Gasteiger partial charge in [0.1, 0.15) is 22.2 Å². The lowest BCUT2D eigenvalue weighted by Crippen LogP contribution is -2.28. The van der Waals surface area contributed by atoms with E-state index in [1.54, 1.807) is 24.3 Å². The van der Waals surface area contributed by atoms with E-state index in [9.17, 15) is 18.4 Å². The molecule has 190 valence electrons. The van der Waals surface area contributed by atoms with Crippen LogP contribution in [0.25, 0.3) is 16.6 Å². The van der Waals surface area contributed by atoms with Gasteiger partial charge in [-0.15, -0.1) is 0 Å². The van der Waals surface area contributed by atoms with E-state index in [0.29, 0.717) is 10.9 Å². The molecule has 3 aromatic carbocycles. The summed E-state index contributed by atoms with van der Waals surface area (Å²) in [4.78, 5) is 30.4. The largest absolute Gasteiger partial charge is 0.453 e. The highest BCUT2D eigenvalue weighted by Gasteiger charge is 2.19. The van der Waals surface area contributed by atoms with Crippen LogP contribution in [0.1, 0.15) is 10.4 Å². The molecule has 0 atom stereocenters. The number of para-hydroxylation sites is 1. The first kappa shape index (κ1) is 25.2. The zero-order chi connectivity index (χ0) is 27.0. The second kappa shape index (κ2) is 10.1. The number of amides is 1. The van der Waals surface area contributed by atoms with Gasteiger partial charge in [-0.25, -0.2) is 13.8 Å². The number of rotatable bonds is 5. The van der Waals surface area contributed by atoms with Crippen LogP contribution in [0, 0.1) is 11.6 Å². The molecule has 38 heavy (non-hydrogen) atoms. The van der Waals surface area contributed by atoms with Crippen LogP contribution < -0.4 is 21.3 Å². The number of anilines is 2. The van der Waals surface area contributed by atoms with Crippen molar-refractivity contribution >= 4 is 51.5 Å². The molecule has 2 aromatic heterocycles. The third-order valence-corrected chi connectivity index (χ3v) is 6.28. The molecule has 5 aromatic rings. The summed E-state index contributed by atoms with van der Waals surface area (Å²) in [6, 6.07) is 17.3. The molecule has 11 heteroatoms. The summed E-state index contributed by atoms with van der Waals surface area (Å²) in [6.45, 7) is 0. The van der Waals surface area contributed by atoms with E-state index >= 15 is 0 Å². The van der Waals surface area contributed by atoms with Crippen molar-refractivity contribution < 1.29 is 18.3 Å². The summed E-state index contributed by atoms with van der Waals surface area (Å²) in [6.07, 6.45) is 1.36. The fourth-order valence-electron chi connectivity index (χ4n) is 3.80. The van der Waals surface area contributed by atoms with Crippen molar-refractivity contribution in [3.8, 4) is 17.2 Å². The van der Waals surface area contributed by atoms with Crippen LogP contribution in [0.2, 0.25) is 10.0 Å². The predicted molar refractivity (Wildman–Crippen MR) is 143 cm³/mol. The zero-order valence-corrected chi connectivity index (χ0v) is 20.7. The van der Waals surface area contributed by atoms with Crippen molar-refractivity contribution in [2.75, 3.05) is 11.1 Å². The summed E-state index contributed by atoms with van der Waals surface area (Å²) in [5.41, 5.74) is 5.58. The molecule has 0 aliphatic carbocycles. The van der Waals surface area contributed by atoms with Gasteiger partial charge in [0.25, 0.3) is 11.5 Å². The Bertz CT molecular complexity index is 1790. The first-order valence-corrected chi connectivity index (χ1v) is 11.8. The quantitative estimate of drug-likeness (QED) is 0.256. The normalized spacial score (nSPS) is 10.9. The molecule has 3 N–H and O–H groups in total. The molecule has 0 fully saturated rings. The third kappa shape index (κ3) is 4.77. The van der Waals surface area contributed by atoms with Crippen molar-refractivity contribution in [1.29, 1.82) is 0 Å². The van der Waals surface area contributed by atoms with Crippen molar-refractivity contribution in [2.24, 2.45) is 0 Å². The lowest BCUT2D eigenvalue weighted by Gasteiger charge is -2.14. The highest BCUT2D eigenvalue weighted by atomic mass is 35.5. The smallest absolute Gasteiger partial charge is 0.268 e. The molecular weight excluding hydrogens is 537 g/mol. The van der Waals surface area contributed by atoms with Gasteiger partial charge in [0.2, 0.25) is 0 Å². The van der Waals surface area contributed by atoms with E-state index in [1.165, 1.54) is 47.2 Å². The molecule has 0 aliphatic heterocycles. The van der Waals surface area contributed by atoms with Crippen LogP contribution >= 0.6 is 23.2 Å². The van der Waals surface area contributed by atoms with E-state index in [4.69, 9.17) is 33.7 Å². The van der Waals surface area contributed by atoms with Gasteiger partial charge in [-0.05, 0) is 47.9 Å². The SMILES string of the molecule is Nc1nccc(Oc2ccc(NC(=O)c3cc4ccccc4n(-c4ccc(F)c(Cl)c4)c3=O)cc2F)c1Cl. The molecule has 0 spiro atoms. The van der Waals surface area contributed by atoms with Crippen molar-refractivity contribution in [2.45, 2.75) is 0 Å². The Balaban J connectivity index is 1.49. The Labute approximate surface area is 224 Å². The van der Waals surface area contributed by atoms with Gasteiger partial charge in [0.15, 0.2) is 17.3 Å². The highest BCUT2D eigenvalue weighted by molar-refractivity contribution is 6.34. The van der Waals surface area contributed by atoms with Gasteiger partial charge in [0, 0.05) is 24.0 Å². The number of hydrogen-bond donors (Lipinski definition) is 2.